The predicted molar refractivity (Wildman–Crippen MR) is 141 cm³/mol. The number of amides is 1. The van der Waals surface area contributed by atoms with Gasteiger partial charge in [-0.2, -0.15) is 9.30 Å². The topological polar surface area (TPSA) is 141 Å². The number of piperidine rings is 1. The van der Waals surface area contributed by atoms with Gasteiger partial charge in [0.15, 0.2) is 4.80 Å². The lowest BCUT2D eigenvalue weighted by Gasteiger charge is -2.34. The lowest BCUT2D eigenvalue weighted by molar-refractivity contribution is 0.0997. The number of nitrogens with two attached hydrogens (primary N) is 1. The molecule has 0 aliphatic carbocycles. The Morgan fingerprint density at radius 2 is 1.81 bits per heavy atom. The van der Waals surface area contributed by atoms with Crippen LogP contribution in [0, 0.1) is 0 Å². The number of nitrogens with zero attached hydrogens (tertiary/aromatic N) is 3. The first-order valence-corrected chi connectivity index (χ1v) is 15.7. The Kier molecular flexibility index (Phi) is 8.31. The third kappa shape index (κ3) is 5.86. The van der Waals surface area contributed by atoms with Crippen molar-refractivity contribution in [3.8, 4) is 0 Å². The van der Waals surface area contributed by atoms with Crippen molar-refractivity contribution < 1.29 is 26.4 Å². The number of fused-ring (bicyclic) bond motifs is 1. The number of ether oxygens (including phenoxy) is 1. The molecule has 1 atom stereocenters. The summed E-state index contributed by atoms with van der Waals surface area (Å²) in [4.78, 5) is 17.8. The molecule has 3 aromatic rings. The number of primary sulfonamides is 1. The molecule has 2 N–H and O–H groups in total. The highest BCUT2D eigenvalue weighted by Gasteiger charge is 2.32. The molecule has 0 spiro atoms. The standard InChI is InChI=1S/C24H30N4O6S3/c1-3-18-6-4-5-13-28(18)37(32,33)19-9-7-17(8-10-19)23(29)26-24-27(14-15-34-2)21-12-11-20(36(25,30)31)16-22(21)35-24/h7-12,16,18H,3-6,13-15H2,1-2H3,(H2,25,30,31). The number of carbonyl (C=O) groups excluding carboxylic acids is 1. The van der Waals surface area contributed by atoms with Crippen LogP contribution in [-0.4, -0.2) is 57.9 Å². The van der Waals surface area contributed by atoms with Crippen LogP contribution in [0.4, 0.5) is 0 Å². The minimum atomic E-state index is -3.89. The average molecular weight is 567 g/mol. The summed E-state index contributed by atoms with van der Waals surface area (Å²) in [6.07, 6.45) is 3.46. The van der Waals surface area contributed by atoms with Crippen molar-refractivity contribution in [3.05, 3.63) is 52.8 Å². The minimum absolute atomic E-state index is 0.0136. The van der Waals surface area contributed by atoms with E-state index in [0.29, 0.717) is 34.7 Å². The van der Waals surface area contributed by atoms with Crippen molar-refractivity contribution in [2.45, 2.75) is 55.0 Å². The molecule has 2 heterocycles. The molecular formula is C24H30N4O6S3. The minimum Gasteiger partial charge on any atom is -0.383 e. The molecule has 10 nitrogen and oxygen atoms in total. The van der Waals surface area contributed by atoms with Crippen LogP contribution in [0.15, 0.2) is 57.2 Å². The summed E-state index contributed by atoms with van der Waals surface area (Å²) in [7, 11) is -5.99. The van der Waals surface area contributed by atoms with E-state index >= 15 is 0 Å². The molecule has 4 rings (SSSR count). The van der Waals surface area contributed by atoms with Gasteiger partial charge in [0.05, 0.1) is 26.6 Å². The van der Waals surface area contributed by atoms with E-state index in [2.05, 4.69) is 4.99 Å². The fourth-order valence-corrected chi connectivity index (χ4v) is 7.94. The second-order valence-electron chi connectivity index (χ2n) is 8.82. The predicted octanol–water partition coefficient (Wildman–Crippen LogP) is 2.69. The largest absolute Gasteiger partial charge is 0.383 e. The molecule has 200 valence electrons. The first kappa shape index (κ1) is 27.6. The molecule has 1 unspecified atom stereocenters. The van der Waals surface area contributed by atoms with Gasteiger partial charge in [-0.05, 0) is 61.7 Å². The smallest absolute Gasteiger partial charge is 0.279 e. The van der Waals surface area contributed by atoms with E-state index in [-0.39, 0.29) is 21.4 Å². The summed E-state index contributed by atoms with van der Waals surface area (Å²) in [6.45, 7) is 3.23. The zero-order valence-corrected chi connectivity index (χ0v) is 23.1. The normalized spacial score (nSPS) is 17.9. The molecular weight excluding hydrogens is 536 g/mol. The summed E-state index contributed by atoms with van der Waals surface area (Å²) in [5.41, 5.74) is 0.931. The second-order valence-corrected chi connectivity index (χ2v) is 13.3. The van der Waals surface area contributed by atoms with Gasteiger partial charge in [0.2, 0.25) is 20.0 Å². The van der Waals surface area contributed by atoms with Gasteiger partial charge in [-0.25, -0.2) is 22.0 Å². The van der Waals surface area contributed by atoms with Crippen LogP contribution in [-0.2, 0) is 31.3 Å². The molecule has 0 radical (unpaired) electrons. The van der Waals surface area contributed by atoms with E-state index in [1.165, 1.54) is 36.4 Å². The maximum Gasteiger partial charge on any atom is 0.279 e. The summed E-state index contributed by atoms with van der Waals surface area (Å²) in [6, 6.07) is 10.3. The Morgan fingerprint density at radius 1 is 1.11 bits per heavy atom. The van der Waals surface area contributed by atoms with E-state index in [9.17, 15) is 21.6 Å². The third-order valence-electron chi connectivity index (χ3n) is 6.45. The van der Waals surface area contributed by atoms with Crippen molar-refractivity contribution >= 4 is 47.5 Å². The Bertz CT molecular complexity index is 1570. The number of sulfonamides is 2. The Morgan fingerprint density at radius 3 is 2.46 bits per heavy atom. The zero-order chi connectivity index (χ0) is 26.8. The van der Waals surface area contributed by atoms with Crippen molar-refractivity contribution in [1.82, 2.24) is 8.87 Å². The Hall–Kier alpha value is -2.42. The number of hydrogen-bond acceptors (Lipinski definition) is 7. The fourth-order valence-electron chi connectivity index (χ4n) is 4.47. The SMILES string of the molecule is CCC1CCCCN1S(=O)(=O)c1ccc(C(=O)N=c2sc3cc(S(N)(=O)=O)ccc3n2CCOC)cc1. The number of methoxy groups -OCH3 is 1. The van der Waals surface area contributed by atoms with Crippen molar-refractivity contribution in [2.75, 3.05) is 20.3 Å². The van der Waals surface area contributed by atoms with Gasteiger partial charge >= 0.3 is 0 Å². The van der Waals surface area contributed by atoms with Crippen LogP contribution in [0.3, 0.4) is 0 Å². The van der Waals surface area contributed by atoms with E-state index in [1.54, 1.807) is 22.0 Å². The van der Waals surface area contributed by atoms with Crippen LogP contribution < -0.4 is 9.94 Å². The Labute approximate surface area is 220 Å². The maximum absolute atomic E-state index is 13.2. The van der Waals surface area contributed by atoms with Crippen LogP contribution in [0.1, 0.15) is 43.0 Å². The molecule has 1 aliphatic heterocycles. The fraction of sp³-hybridized carbons (Fsp3) is 0.417. The second kappa shape index (κ2) is 11.1. The van der Waals surface area contributed by atoms with Gasteiger partial charge in [-0.3, -0.25) is 4.79 Å². The summed E-state index contributed by atoms with van der Waals surface area (Å²) in [5, 5.41) is 5.26. The van der Waals surface area contributed by atoms with Crippen molar-refractivity contribution in [3.63, 3.8) is 0 Å². The first-order valence-electron chi connectivity index (χ1n) is 11.9. The number of carbonyl (C=O) groups is 1. The van der Waals surface area contributed by atoms with E-state index in [1.807, 2.05) is 6.92 Å². The lowest BCUT2D eigenvalue weighted by Crippen LogP contribution is -2.43. The summed E-state index contributed by atoms with van der Waals surface area (Å²) in [5.74, 6) is -0.544. The summed E-state index contributed by atoms with van der Waals surface area (Å²) >= 11 is 1.15. The van der Waals surface area contributed by atoms with Gasteiger partial charge in [0, 0.05) is 31.8 Å². The Balaban J connectivity index is 1.68. The maximum atomic E-state index is 13.2. The molecule has 0 bridgehead atoms. The molecule has 1 amide bonds. The van der Waals surface area contributed by atoms with Gasteiger partial charge in [0.1, 0.15) is 0 Å². The average Bonchev–Trinajstić information content (AvgIpc) is 3.22. The zero-order valence-electron chi connectivity index (χ0n) is 20.7. The molecule has 13 heteroatoms. The molecule has 2 aromatic carbocycles. The highest BCUT2D eigenvalue weighted by Crippen LogP contribution is 2.27. The number of hydrogen-bond donors (Lipinski definition) is 1. The first-order chi connectivity index (χ1) is 17.6. The van der Waals surface area contributed by atoms with Gasteiger partial charge in [-0.1, -0.05) is 24.7 Å². The quantitative estimate of drug-likeness (QED) is 0.444. The molecule has 1 aromatic heterocycles. The molecule has 1 aliphatic rings. The molecule has 1 fully saturated rings. The molecule has 37 heavy (non-hydrogen) atoms. The number of aromatic nitrogens is 1. The van der Waals surface area contributed by atoms with Crippen LogP contribution >= 0.6 is 11.3 Å². The van der Waals surface area contributed by atoms with Gasteiger partial charge < -0.3 is 9.30 Å². The van der Waals surface area contributed by atoms with Crippen LogP contribution in [0.5, 0.6) is 0 Å². The van der Waals surface area contributed by atoms with Crippen molar-refractivity contribution in [2.24, 2.45) is 10.1 Å². The molecule has 1 saturated heterocycles. The van der Waals surface area contributed by atoms with Crippen molar-refractivity contribution in [1.29, 1.82) is 0 Å². The summed E-state index contributed by atoms with van der Waals surface area (Å²) < 4.78 is 59.1. The number of rotatable bonds is 8. The van der Waals surface area contributed by atoms with E-state index < -0.39 is 26.0 Å². The van der Waals surface area contributed by atoms with E-state index in [0.717, 1.165) is 37.0 Å². The monoisotopic (exact) mass is 566 g/mol. The highest BCUT2D eigenvalue weighted by molar-refractivity contribution is 7.89. The van der Waals surface area contributed by atoms with Crippen LogP contribution in [0.25, 0.3) is 10.2 Å². The van der Waals surface area contributed by atoms with Crippen LogP contribution in [0.2, 0.25) is 0 Å². The van der Waals surface area contributed by atoms with E-state index in [4.69, 9.17) is 9.88 Å². The number of benzene rings is 2. The lowest BCUT2D eigenvalue weighted by atomic mass is 10.0. The highest BCUT2D eigenvalue weighted by atomic mass is 32.2. The third-order valence-corrected chi connectivity index (χ3v) is 10.4. The van der Waals surface area contributed by atoms with Gasteiger partial charge in [-0.15, -0.1) is 0 Å². The number of thiazole rings is 1. The molecule has 0 saturated carbocycles. The van der Waals surface area contributed by atoms with Gasteiger partial charge in [0.25, 0.3) is 5.91 Å².